The molecule has 3 heterocycles. The first-order valence-electron chi connectivity index (χ1n) is 9.78. The topological polar surface area (TPSA) is 96.4 Å². The molecule has 8 nitrogen and oxygen atoms in total. The van der Waals surface area contributed by atoms with Crippen molar-refractivity contribution < 1.29 is 41.0 Å². The average molecular weight is 466 g/mol. The molecule has 3 aliphatic heterocycles. The quantitative estimate of drug-likeness (QED) is 0.714. The molecule has 1 aromatic rings. The summed E-state index contributed by atoms with van der Waals surface area (Å²) in [5.74, 6) is -2.48. The maximum atomic E-state index is 13.0. The number of aliphatic carboxylic acids is 1. The molecule has 0 aliphatic carbocycles. The molecule has 174 valence electrons. The van der Waals surface area contributed by atoms with Crippen LogP contribution in [0.1, 0.15) is 0 Å². The van der Waals surface area contributed by atoms with Gasteiger partial charge in [-0.15, -0.1) is 0 Å². The number of carboxylic acid groups (broad SMARTS) is 1. The lowest BCUT2D eigenvalue weighted by atomic mass is 9.80. The Morgan fingerprint density at radius 3 is 2.35 bits per heavy atom. The largest absolute Gasteiger partial charge is 0.490 e. The molecule has 1 aromatic carbocycles. The third-order valence-corrected chi connectivity index (χ3v) is 7.58. The summed E-state index contributed by atoms with van der Waals surface area (Å²) in [6.45, 7) is 6.65. The number of hydrogen-bond donors (Lipinski definition) is 1. The molecule has 4 rings (SSSR count). The van der Waals surface area contributed by atoms with Crippen LogP contribution in [-0.2, 0) is 24.3 Å². The van der Waals surface area contributed by atoms with Gasteiger partial charge in [0.1, 0.15) is 0 Å². The van der Waals surface area contributed by atoms with Crippen molar-refractivity contribution in [1.29, 1.82) is 0 Å². The van der Waals surface area contributed by atoms with Crippen LogP contribution in [-0.4, -0.2) is 94.0 Å². The summed E-state index contributed by atoms with van der Waals surface area (Å²) >= 11 is 0. The molecule has 0 radical (unpaired) electrons. The van der Waals surface area contributed by atoms with Crippen LogP contribution in [0.25, 0.3) is 0 Å². The van der Waals surface area contributed by atoms with E-state index in [4.69, 9.17) is 19.4 Å². The van der Waals surface area contributed by atoms with Gasteiger partial charge < -0.3 is 14.6 Å². The van der Waals surface area contributed by atoms with Gasteiger partial charge in [0, 0.05) is 44.1 Å². The molecule has 3 fully saturated rings. The number of ether oxygens (including phenoxy) is 2. The van der Waals surface area contributed by atoms with Crippen LogP contribution in [0.3, 0.4) is 0 Å². The number of nitrogens with zero attached hydrogens (tertiary/aromatic N) is 2. The lowest BCUT2D eigenvalue weighted by Gasteiger charge is -2.36. The number of benzene rings is 1. The zero-order chi connectivity index (χ0) is 22.7. The third-order valence-electron chi connectivity index (χ3n) is 5.76. The van der Waals surface area contributed by atoms with Crippen LogP contribution in [0.2, 0.25) is 0 Å². The molecule has 1 N–H and O–H groups in total. The van der Waals surface area contributed by atoms with E-state index < -0.39 is 22.2 Å². The van der Waals surface area contributed by atoms with Crippen LogP contribution in [0, 0.1) is 11.3 Å². The van der Waals surface area contributed by atoms with Gasteiger partial charge >= 0.3 is 12.1 Å². The van der Waals surface area contributed by atoms with Crippen molar-refractivity contribution in [2.45, 2.75) is 11.1 Å². The van der Waals surface area contributed by atoms with Crippen LogP contribution < -0.4 is 0 Å². The van der Waals surface area contributed by atoms with E-state index in [1.165, 1.54) is 0 Å². The zero-order valence-corrected chi connectivity index (χ0v) is 17.6. The van der Waals surface area contributed by atoms with Crippen LogP contribution in [0.4, 0.5) is 13.2 Å². The second-order valence-corrected chi connectivity index (χ2v) is 9.81. The van der Waals surface area contributed by atoms with Gasteiger partial charge in [0.15, 0.2) is 0 Å². The Kier molecular flexibility index (Phi) is 7.26. The van der Waals surface area contributed by atoms with E-state index in [9.17, 15) is 21.6 Å². The van der Waals surface area contributed by atoms with Crippen molar-refractivity contribution in [3.8, 4) is 0 Å². The van der Waals surface area contributed by atoms with E-state index in [2.05, 4.69) is 4.90 Å². The van der Waals surface area contributed by atoms with E-state index in [-0.39, 0.29) is 11.3 Å². The standard InChI is InChI=1S/C17H24N2O4S.C2HF3O2/c20-24(21,16-4-2-1-3-5-16)19-10-15-11-23-14-17(15,13-19)12-18-6-8-22-9-7-18;3-2(4,5)1(6)7/h1-5,15H,6-14H2;(H,6,7)/t15-,17+;/m1./s1. The molecule has 0 unspecified atom stereocenters. The highest BCUT2D eigenvalue weighted by Gasteiger charge is 2.54. The Bertz CT molecular complexity index is 861. The second kappa shape index (κ2) is 9.41. The van der Waals surface area contributed by atoms with Crippen molar-refractivity contribution in [3.63, 3.8) is 0 Å². The smallest absolute Gasteiger partial charge is 0.475 e. The van der Waals surface area contributed by atoms with Gasteiger partial charge in [0.2, 0.25) is 10.0 Å². The molecular weight excluding hydrogens is 441 g/mol. The van der Waals surface area contributed by atoms with Gasteiger partial charge in [-0.1, -0.05) is 18.2 Å². The Balaban J connectivity index is 0.000000339. The highest BCUT2D eigenvalue weighted by molar-refractivity contribution is 7.89. The summed E-state index contributed by atoms with van der Waals surface area (Å²) in [6, 6.07) is 8.74. The lowest BCUT2D eigenvalue weighted by Crippen LogP contribution is -2.47. The first kappa shape index (κ1) is 23.9. The zero-order valence-electron chi connectivity index (χ0n) is 16.8. The van der Waals surface area contributed by atoms with Gasteiger partial charge in [-0.05, 0) is 12.1 Å². The summed E-state index contributed by atoms with van der Waals surface area (Å²) < 4.78 is 70.5. The molecule has 3 aliphatic rings. The van der Waals surface area contributed by atoms with Gasteiger partial charge in [-0.25, -0.2) is 13.2 Å². The minimum atomic E-state index is -5.08. The molecule has 2 atom stereocenters. The Hall–Kier alpha value is -1.73. The van der Waals surface area contributed by atoms with E-state index in [0.717, 1.165) is 32.8 Å². The van der Waals surface area contributed by atoms with Crippen molar-refractivity contribution in [1.82, 2.24) is 9.21 Å². The van der Waals surface area contributed by atoms with Gasteiger partial charge in [0.25, 0.3) is 0 Å². The van der Waals surface area contributed by atoms with Crippen LogP contribution in [0.15, 0.2) is 35.2 Å². The lowest BCUT2D eigenvalue weighted by molar-refractivity contribution is -0.192. The highest BCUT2D eigenvalue weighted by Crippen LogP contribution is 2.43. The first-order chi connectivity index (χ1) is 14.5. The number of halogens is 3. The number of sulfonamides is 1. The number of fused-ring (bicyclic) bond motifs is 1. The summed E-state index contributed by atoms with van der Waals surface area (Å²) in [4.78, 5) is 11.7. The Morgan fingerprint density at radius 1 is 1.16 bits per heavy atom. The molecule has 0 aromatic heterocycles. The number of alkyl halides is 3. The molecule has 0 bridgehead atoms. The summed E-state index contributed by atoms with van der Waals surface area (Å²) in [5, 5.41) is 7.12. The number of hydrogen-bond acceptors (Lipinski definition) is 6. The summed E-state index contributed by atoms with van der Waals surface area (Å²) in [5.41, 5.74) is -0.0841. The maximum absolute atomic E-state index is 13.0. The molecule has 12 heteroatoms. The molecular formula is C19H25F3N2O6S. The van der Waals surface area contributed by atoms with E-state index in [1.807, 2.05) is 6.07 Å². The monoisotopic (exact) mass is 466 g/mol. The number of rotatable bonds is 4. The van der Waals surface area contributed by atoms with Crippen molar-refractivity contribution in [2.75, 3.05) is 59.2 Å². The fourth-order valence-electron chi connectivity index (χ4n) is 4.14. The first-order valence-corrected chi connectivity index (χ1v) is 11.2. The predicted octanol–water partition coefficient (Wildman–Crippen LogP) is 1.29. The van der Waals surface area contributed by atoms with Crippen molar-refractivity contribution in [2.24, 2.45) is 11.3 Å². The third kappa shape index (κ3) is 5.55. The van der Waals surface area contributed by atoms with Gasteiger partial charge in [0.05, 0.1) is 31.3 Å². The fraction of sp³-hybridized carbons (Fsp3) is 0.632. The normalized spacial score (nSPS) is 27.4. The highest BCUT2D eigenvalue weighted by atomic mass is 32.2. The van der Waals surface area contributed by atoms with Gasteiger partial charge in [-0.2, -0.15) is 17.5 Å². The SMILES string of the molecule is O=C(O)C(F)(F)F.O=S(=O)(c1ccccc1)N1C[C@@H]2COC[C@]2(CN2CCOCC2)C1. The minimum absolute atomic E-state index is 0.0841. The van der Waals surface area contributed by atoms with E-state index >= 15 is 0 Å². The summed E-state index contributed by atoms with van der Waals surface area (Å²) in [6.07, 6.45) is -5.08. The van der Waals surface area contributed by atoms with E-state index in [1.54, 1.807) is 28.6 Å². The van der Waals surface area contributed by atoms with Crippen LogP contribution >= 0.6 is 0 Å². The fourth-order valence-corrected chi connectivity index (χ4v) is 5.74. The van der Waals surface area contributed by atoms with Crippen LogP contribution in [0.5, 0.6) is 0 Å². The predicted molar refractivity (Wildman–Crippen MR) is 103 cm³/mol. The maximum Gasteiger partial charge on any atom is 0.490 e. The van der Waals surface area contributed by atoms with E-state index in [0.29, 0.717) is 31.2 Å². The van der Waals surface area contributed by atoms with Crippen molar-refractivity contribution >= 4 is 16.0 Å². The molecule has 0 amide bonds. The molecule has 0 saturated carbocycles. The minimum Gasteiger partial charge on any atom is -0.475 e. The molecule has 3 saturated heterocycles. The number of carbonyl (C=O) groups is 1. The number of carboxylic acids is 1. The Labute approximate surface area is 178 Å². The van der Waals surface area contributed by atoms with Gasteiger partial charge in [-0.3, -0.25) is 4.90 Å². The Morgan fingerprint density at radius 2 is 1.77 bits per heavy atom. The average Bonchev–Trinajstić information content (AvgIpc) is 3.26. The summed E-state index contributed by atoms with van der Waals surface area (Å²) in [7, 11) is -3.43. The second-order valence-electron chi connectivity index (χ2n) is 7.88. The number of morpholine rings is 1. The molecule has 31 heavy (non-hydrogen) atoms. The van der Waals surface area contributed by atoms with Crippen molar-refractivity contribution in [3.05, 3.63) is 30.3 Å². The molecule has 0 spiro atoms.